The first-order chi connectivity index (χ1) is 14.1. The maximum absolute atomic E-state index is 12.6. The summed E-state index contributed by atoms with van der Waals surface area (Å²) in [7, 11) is -0.582. The highest BCUT2D eigenvalue weighted by molar-refractivity contribution is 7.86. The smallest absolute Gasteiger partial charge is 0.416 e. The quantitative estimate of drug-likeness (QED) is 0.702. The Hall–Kier alpha value is -2.15. The van der Waals surface area contributed by atoms with Gasteiger partial charge in [0.25, 0.3) is 10.2 Å². The number of morpholine rings is 1. The number of nitrogens with one attached hydrogen (secondary N) is 1. The number of alkyl halides is 3. The van der Waals surface area contributed by atoms with Crippen LogP contribution >= 0.6 is 0 Å². The zero-order chi connectivity index (χ0) is 21.9. The molecule has 2 heterocycles. The molecule has 3 rings (SSSR count). The second-order valence-corrected chi connectivity index (χ2v) is 9.09. The molecule has 1 unspecified atom stereocenters. The molecule has 8 nitrogen and oxygen atoms in total. The van der Waals surface area contributed by atoms with E-state index in [1.807, 2.05) is 0 Å². The molecular weight excluding hydrogens is 425 g/mol. The molecule has 1 N–H and O–H groups in total. The zero-order valence-corrected chi connectivity index (χ0v) is 17.3. The van der Waals surface area contributed by atoms with Crippen LogP contribution in [0.5, 0.6) is 5.75 Å². The number of ether oxygens (including phenoxy) is 2. The minimum absolute atomic E-state index is 0.160. The third-order valence-electron chi connectivity index (χ3n) is 4.62. The van der Waals surface area contributed by atoms with Crippen molar-refractivity contribution in [2.75, 3.05) is 40.4 Å². The second-order valence-electron chi connectivity index (χ2n) is 6.95. The Bertz CT molecular complexity index is 945. The van der Waals surface area contributed by atoms with Gasteiger partial charge in [-0.25, -0.2) is 0 Å². The molecular formula is C18H23F3N4O4S. The number of halogens is 3. The largest absolute Gasteiger partial charge is 0.493 e. The summed E-state index contributed by atoms with van der Waals surface area (Å²) < 4.78 is 76.0. The molecule has 1 aliphatic rings. The van der Waals surface area contributed by atoms with Crippen LogP contribution in [0.15, 0.2) is 30.3 Å². The van der Waals surface area contributed by atoms with Crippen molar-refractivity contribution in [2.24, 2.45) is 0 Å². The Morgan fingerprint density at radius 1 is 1.30 bits per heavy atom. The van der Waals surface area contributed by atoms with Crippen molar-refractivity contribution in [1.29, 1.82) is 0 Å². The molecule has 1 aromatic carbocycles. The van der Waals surface area contributed by atoms with E-state index in [-0.39, 0.29) is 26.3 Å². The van der Waals surface area contributed by atoms with Crippen molar-refractivity contribution in [3.05, 3.63) is 47.3 Å². The van der Waals surface area contributed by atoms with Crippen molar-refractivity contribution in [1.82, 2.24) is 18.8 Å². The summed E-state index contributed by atoms with van der Waals surface area (Å²) in [5.41, 5.74) is 0.595. The summed E-state index contributed by atoms with van der Waals surface area (Å²) in [4.78, 5) is 0. The van der Waals surface area contributed by atoms with Crippen LogP contribution in [0.4, 0.5) is 13.2 Å². The van der Waals surface area contributed by atoms with E-state index in [1.165, 1.54) is 30.5 Å². The molecule has 0 radical (unpaired) electrons. The topological polar surface area (TPSA) is 87.8 Å². The van der Waals surface area contributed by atoms with Crippen LogP contribution in [0.1, 0.15) is 23.1 Å². The predicted octanol–water partition coefficient (Wildman–Crippen LogP) is 2.23. The van der Waals surface area contributed by atoms with E-state index in [1.54, 1.807) is 6.07 Å². The maximum Gasteiger partial charge on any atom is 0.416 e. The maximum atomic E-state index is 12.6. The van der Waals surface area contributed by atoms with E-state index in [9.17, 15) is 21.6 Å². The lowest BCUT2D eigenvalue weighted by Crippen LogP contribution is -2.47. The van der Waals surface area contributed by atoms with Crippen LogP contribution in [0.25, 0.3) is 0 Å². The number of hydrogen-bond donors (Lipinski definition) is 1. The molecule has 12 heteroatoms. The van der Waals surface area contributed by atoms with Gasteiger partial charge >= 0.3 is 6.18 Å². The van der Waals surface area contributed by atoms with Crippen LogP contribution in [-0.4, -0.2) is 67.6 Å². The van der Waals surface area contributed by atoms with Gasteiger partial charge in [-0.2, -0.15) is 35.3 Å². The molecule has 1 fully saturated rings. The summed E-state index contributed by atoms with van der Waals surface area (Å²) in [6.45, 7) is 0.929. The number of hydrogen-bond acceptors (Lipinski definition) is 5. The van der Waals surface area contributed by atoms with E-state index in [4.69, 9.17) is 9.47 Å². The van der Waals surface area contributed by atoms with E-state index in [0.29, 0.717) is 17.9 Å². The SMILES string of the molecule is CN(C)S(=O)(=O)N1CCOC(c2cc(CCOc3ccc(C(F)(F)F)cc3)[nH]n2)C1. The van der Waals surface area contributed by atoms with Gasteiger partial charge in [0, 0.05) is 39.3 Å². The number of aromatic nitrogens is 2. The van der Waals surface area contributed by atoms with E-state index >= 15 is 0 Å². The molecule has 166 valence electrons. The van der Waals surface area contributed by atoms with Gasteiger partial charge in [-0.3, -0.25) is 5.10 Å². The van der Waals surface area contributed by atoms with Gasteiger partial charge in [-0.05, 0) is 30.3 Å². The van der Waals surface area contributed by atoms with Crippen molar-refractivity contribution in [3.63, 3.8) is 0 Å². The summed E-state index contributed by atoms with van der Waals surface area (Å²) in [6, 6.07) is 6.26. The fourth-order valence-electron chi connectivity index (χ4n) is 2.94. The first-order valence-electron chi connectivity index (χ1n) is 9.21. The number of H-pyrrole nitrogens is 1. The Morgan fingerprint density at radius 2 is 2.00 bits per heavy atom. The van der Waals surface area contributed by atoms with Crippen LogP contribution in [0.2, 0.25) is 0 Å². The van der Waals surface area contributed by atoms with Gasteiger partial charge < -0.3 is 9.47 Å². The molecule has 1 aromatic heterocycles. The highest BCUT2D eigenvalue weighted by Gasteiger charge is 2.33. The molecule has 1 atom stereocenters. The van der Waals surface area contributed by atoms with Crippen LogP contribution < -0.4 is 4.74 Å². The first kappa shape index (κ1) is 22.5. The fraction of sp³-hybridized carbons (Fsp3) is 0.500. The van der Waals surface area contributed by atoms with Gasteiger partial charge in [-0.1, -0.05) is 0 Å². The Balaban J connectivity index is 1.54. The number of benzene rings is 1. The van der Waals surface area contributed by atoms with E-state index in [2.05, 4.69) is 10.2 Å². The van der Waals surface area contributed by atoms with Gasteiger partial charge in [-0.15, -0.1) is 0 Å². The van der Waals surface area contributed by atoms with Crippen molar-refractivity contribution in [3.8, 4) is 5.75 Å². The molecule has 0 bridgehead atoms. The molecule has 0 spiro atoms. The minimum atomic E-state index is -4.38. The third-order valence-corrected chi connectivity index (χ3v) is 6.53. The third kappa shape index (κ3) is 5.31. The number of nitrogens with zero attached hydrogens (tertiary/aromatic N) is 3. The zero-order valence-electron chi connectivity index (χ0n) is 16.5. The number of aromatic amines is 1. The Kier molecular flexibility index (Phi) is 6.70. The second kappa shape index (κ2) is 8.92. The van der Waals surface area contributed by atoms with E-state index < -0.39 is 28.1 Å². The van der Waals surface area contributed by atoms with Crippen LogP contribution in [-0.2, 0) is 27.5 Å². The average molecular weight is 448 g/mol. The van der Waals surface area contributed by atoms with Crippen LogP contribution in [0, 0.1) is 0 Å². The summed E-state index contributed by atoms with van der Waals surface area (Å²) >= 11 is 0. The predicted molar refractivity (Wildman–Crippen MR) is 102 cm³/mol. The minimum Gasteiger partial charge on any atom is -0.493 e. The summed E-state index contributed by atoms with van der Waals surface area (Å²) in [5, 5.41) is 7.06. The first-order valence-corrected chi connectivity index (χ1v) is 10.6. The molecule has 0 amide bonds. The lowest BCUT2D eigenvalue weighted by Gasteiger charge is -2.32. The lowest BCUT2D eigenvalue weighted by molar-refractivity contribution is -0.137. The molecule has 0 saturated carbocycles. The Morgan fingerprint density at radius 3 is 2.63 bits per heavy atom. The number of rotatable bonds is 7. The molecule has 30 heavy (non-hydrogen) atoms. The molecule has 0 aliphatic carbocycles. The van der Waals surface area contributed by atoms with E-state index in [0.717, 1.165) is 22.1 Å². The van der Waals surface area contributed by atoms with Crippen LogP contribution in [0.3, 0.4) is 0 Å². The molecule has 1 saturated heterocycles. The molecule has 2 aromatic rings. The van der Waals surface area contributed by atoms with Gasteiger partial charge in [0.2, 0.25) is 0 Å². The molecule has 1 aliphatic heterocycles. The highest BCUT2D eigenvalue weighted by atomic mass is 32.2. The van der Waals surface area contributed by atoms with Crippen molar-refractivity contribution < 1.29 is 31.1 Å². The standard InChI is InChI=1S/C18H23F3N4O4S/c1-24(2)30(26,27)25-8-10-29-17(12-25)16-11-14(22-23-16)7-9-28-15-5-3-13(4-6-15)18(19,20)21/h3-6,11,17H,7-10,12H2,1-2H3,(H,22,23). The average Bonchev–Trinajstić information content (AvgIpc) is 3.17. The Labute approximate surface area is 172 Å². The normalized spacial score (nSPS) is 18.7. The monoisotopic (exact) mass is 448 g/mol. The summed E-state index contributed by atoms with van der Waals surface area (Å²) in [5.74, 6) is 0.336. The van der Waals surface area contributed by atoms with Gasteiger partial charge in [0.05, 0.1) is 24.5 Å². The van der Waals surface area contributed by atoms with Crippen molar-refractivity contribution >= 4 is 10.2 Å². The fourth-order valence-corrected chi connectivity index (χ4v) is 4.03. The summed E-state index contributed by atoms with van der Waals surface area (Å²) in [6.07, 6.45) is -4.43. The van der Waals surface area contributed by atoms with Gasteiger partial charge in [0.1, 0.15) is 11.9 Å². The van der Waals surface area contributed by atoms with Crippen molar-refractivity contribution in [2.45, 2.75) is 18.7 Å². The van der Waals surface area contributed by atoms with Gasteiger partial charge in [0.15, 0.2) is 0 Å². The highest BCUT2D eigenvalue weighted by Crippen LogP contribution is 2.30. The lowest BCUT2D eigenvalue weighted by atomic mass is 10.2.